The van der Waals surface area contributed by atoms with Gasteiger partial charge in [-0.2, -0.15) is 5.26 Å². The highest BCUT2D eigenvalue weighted by atomic mass is 35.5. The summed E-state index contributed by atoms with van der Waals surface area (Å²) >= 11 is 6.16. The molecular formula is C24H19ClN2O4. The van der Waals surface area contributed by atoms with Crippen molar-refractivity contribution in [3.05, 3.63) is 83.4 Å². The van der Waals surface area contributed by atoms with Gasteiger partial charge >= 0.3 is 0 Å². The molecule has 1 amide bonds. The average molecular weight is 435 g/mol. The first-order valence-corrected chi connectivity index (χ1v) is 9.67. The molecule has 6 nitrogen and oxygen atoms in total. The van der Waals surface area contributed by atoms with E-state index in [0.29, 0.717) is 33.7 Å². The summed E-state index contributed by atoms with van der Waals surface area (Å²) in [5.74, 6) is 1.55. The molecule has 3 rings (SSSR count). The lowest BCUT2D eigenvalue weighted by atomic mass is 10.2. The smallest absolute Gasteiger partial charge is 0.248 e. The average Bonchev–Trinajstić information content (AvgIpc) is 2.79. The molecule has 3 aromatic rings. The number of carbonyl (C=O) groups is 1. The second-order valence-electron chi connectivity index (χ2n) is 6.21. The molecule has 0 heterocycles. The van der Waals surface area contributed by atoms with Gasteiger partial charge in [0.25, 0.3) is 0 Å². The Morgan fingerprint density at radius 2 is 1.77 bits per heavy atom. The molecule has 0 aliphatic heterocycles. The molecule has 0 aliphatic carbocycles. The highest BCUT2D eigenvalue weighted by Gasteiger charge is 2.09. The van der Waals surface area contributed by atoms with Crippen LogP contribution >= 0.6 is 11.6 Å². The van der Waals surface area contributed by atoms with E-state index in [-0.39, 0.29) is 12.5 Å². The lowest BCUT2D eigenvalue weighted by Crippen LogP contribution is -2.08. The van der Waals surface area contributed by atoms with Gasteiger partial charge < -0.3 is 19.5 Å². The summed E-state index contributed by atoms with van der Waals surface area (Å²) in [5, 5.41) is 11.9. The van der Waals surface area contributed by atoms with Crippen molar-refractivity contribution in [1.29, 1.82) is 5.26 Å². The van der Waals surface area contributed by atoms with Gasteiger partial charge in [-0.25, -0.2) is 0 Å². The number of methoxy groups -OCH3 is 1. The van der Waals surface area contributed by atoms with Crippen molar-refractivity contribution in [2.75, 3.05) is 19.0 Å². The summed E-state index contributed by atoms with van der Waals surface area (Å²) in [6, 6.07) is 21.2. The molecule has 156 valence electrons. The van der Waals surface area contributed by atoms with Crippen molar-refractivity contribution >= 4 is 29.3 Å². The molecule has 1 N–H and O–H groups in total. The highest BCUT2D eigenvalue weighted by Crippen LogP contribution is 2.33. The fourth-order valence-corrected chi connectivity index (χ4v) is 2.84. The number of para-hydroxylation sites is 3. The van der Waals surface area contributed by atoms with Crippen LogP contribution in [0.4, 0.5) is 5.69 Å². The maximum Gasteiger partial charge on any atom is 0.248 e. The molecule has 0 radical (unpaired) electrons. The summed E-state index contributed by atoms with van der Waals surface area (Å²) in [6.45, 7) is -0.0797. The van der Waals surface area contributed by atoms with Crippen LogP contribution in [0.25, 0.3) is 6.08 Å². The minimum absolute atomic E-state index is 0.0797. The minimum atomic E-state index is -0.334. The number of nitrogens with one attached hydrogen (secondary N) is 1. The molecule has 0 bridgehead atoms. The summed E-state index contributed by atoms with van der Waals surface area (Å²) in [5.41, 5.74) is 1.24. The monoisotopic (exact) mass is 434 g/mol. The number of nitriles is 1. The molecule has 0 aromatic heterocycles. The van der Waals surface area contributed by atoms with Gasteiger partial charge in [0.05, 0.1) is 17.8 Å². The Kier molecular flexibility index (Phi) is 7.52. The number of amides is 1. The van der Waals surface area contributed by atoms with Crippen LogP contribution in [0.5, 0.6) is 23.0 Å². The van der Waals surface area contributed by atoms with Gasteiger partial charge in [0.2, 0.25) is 5.91 Å². The van der Waals surface area contributed by atoms with Crippen molar-refractivity contribution in [2.45, 2.75) is 0 Å². The van der Waals surface area contributed by atoms with Gasteiger partial charge in [0.15, 0.2) is 23.9 Å². The molecule has 7 heteroatoms. The van der Waals surface area contributed by atoms with Crippen LogP contribution in [0.1, 0.15) is 5.56 Å². The van der Waals surface area contributed by atoms with Crippen LogP contribution in [-0.2, 0) is 4.79 Å². The third kappa shape index (κ3) is 6.01. The Balaban J connectivity index is 1.71. The van der Waals surface area contributed by atoms with Gasteiger partial charge in [-0.3, -0.25) is 4.79 Å². The summed E-state index contributed by atoms with van der Waals surface area (Å²) in [6.07, 6.45) is 3.04. The van der Waals surface area contributed by atoms with Crippen LogP contribution in [0, 0.1) is 11.3 Å². The third-order valence-electron chi connectivity index (χ3n) is 4.11. The van der Waals surface area contributed by atoms with Crippen LogP contribution in [0.15, 0.2) is 72.8 Å². The van der Waals surface area contributed by atoms with E-state index in [0.717, 1.165) is 5.56 Å². The molecule has 31 heavy (non-hydrogen) atoms. The Morgan fingerprint density at radius 3 is 2.52 bits per heavy atom. The zero-order valence-corrected chi connectivity index (χ0v) is 17.4. The number of halogens is 1. The summed E-state index contributed by atoms with van der Waals surface area (Å²) in [4.78, 5) is 12.4. The molecule has 0 atom stereocenters. The van der Waals surface area contributed by atoms with E-state index in [2.05, 4.69) is 5.32 Å². The minimum Gasteiger partial charge on any atom is -0.493 e. The number of nitrogens with zero attached hydrogens (tertiary/aromatic N) is 1. The van der Waals surface area contributed by atoms with Crippen molar-refractivity contribution in [1.82, 2.24) is 0 Å². The first-order chi connectivity index (χ1) is 15.1. The number of ether oxygens (including phenoxy) is 3. The van der Waals surface area contributed by atoms with Crippen molar-refractivity contribution < 1.29 is 19.0 Å². The topological polar surface area (TPSA) is 80.6 Å². The number of hydrogen-bond acceptors (Lipinski definition) is 5. The fraction of sp³-hybridized carbons (Fsp3) is 0.0833. The Hall–Kier alpha value is -3.95. The van der Waals surface area contributed by atoms with E-state index in [9.17, 15) is 4.79 Å². The standard InChI is InChI=1S/C24H19ClN2O4/c1-29-23-16-17(10-12-22(23)30-15-14-26)11-13-24(28)27-19-7-3-5-9-21(19)31-20-8-4-2-6-18(20)25/h2-13,16H,15H2,1H3,(H,27,28)/b13-11+. The molecule has 0 spiro atoms. The lowest BCUT2D eigenvalue weighted by Gasteiger charge is -2.12. The van der Waals surface area contributed by atoms with Crippen LogP contribution < -0.4 is 19.5 Å². The van der Waals surface area contributed by atoms with Gasteiger partial charge in [-0.15, -0.1) is 0 Å². The normalized spacial score (nSPS) is 10.4. The predicted molar refractivity (Wildman–Crippen MR) is 120 cm³/mol. The van der Waals surface area contributed by atoms with E-state index >= 15 is 0 Å². The van der Waals surface area contributed by atoms with Crippen LogP contribution in [-0.4, -0.2) is 19.6 Å². The molecule has 0 fully saturated rings. The second-order valence-corrected chi connectivity index (χ2v) is 6.62. The number of anilines is 1. The van der Waals surface area contributed by atoms with Crippen LogP contribution in [0.2, 0.25) is 5.02 Å². The quantitative estimate of drug-likeness (QED) is 0.460. The molecule has 0 aliphatic rings. The van der Waals surface area contributed by atoms with E-state index in [4.69, 9.17) is 31.1 Å². The second kappa shape index (κ2) is 10.7. The number of hydrogen-bond donors (Lipinski definition) is 1. The zero-order chi connectivity index (χ0) is 22.1. The van der Waals surface area contributed by atoms with E-state index in [1.54, 1.807) is 60.7 Å². The van der Waals surface area contributed by atoms with Gasteiger partial charge in [0, 0.05) is 6.08 Å². The Bertz CT molecular complexity index is 1140. The van der Waals surface area contributed by atoms with E-state index in [1.807, 2.05) is 18.2 Å². The van der Waals surface area contributed by atoms with Gasteiger partial charge in [-0.05, 0) is 48.0 Å². The van der Waals surface area contributed by atoms with Crippen LogP contribution in [0.3, 0.4) is 0 Å². The maximum atomic E-state index is 12.4. The lowest BCUT2D eigenvalue weighted by molar-refractivity contribution is -0.111. The Labute approximate surface area is 185 Å². The molecular weight excluding hydrogens is 416 g/mol. The summed E-state index contributed by atoms with van der Waals surface area (Å²) in [7, 11) is 1.50. The summed E-state index contributed by atoms with van der Waals surface area (Å²) < 4.78 is 16.4. The van der Waals surface area contributed by atoms with Gasteiger partial charge in [-0.1, -0.05) is 41.9 Å². The SMILES string of the molecule is COc1cc(/C=C/C(=O)Nc2ccccc2Oc2ccccc2Cl)ccc1OCC#N. The molecule has 0 saturated carbocycles. The van der Waals surface area contributed by atoms with E-state index < -0.39 is 0 Å². The first kappa shape index (κ1) is 21.8. The molecule has 0 unspecified atom stereocenters. The maximum absolute atomic E-state index is 12.4. The largest absolute Gasteiger partial charge is 0.493 e. The first-order valence-electron chi connectivity index (χ1n) is 9.29. The zero-order valence-electron chi connectivity index (χ0n) is 16.7. The van der Waals surface area contributed by atoms with Crippen molar-refractivity contribution in [2.24, 2.45) is 0 Å². The molecule has 0 saturated heterocycles. The van der Waals surface area contributed by atoms with Crippen molar-refractivity contribution in [3.63, 3.8) is 0 Å². The number of carbonyl (C=O) groups excluding carboxylic acids is 1. The fourth-order valence-electron chi connectivity index (χ4n) is 2.67. The Morgan fingerprint density at radius 1 is 1.03 bits per heavy atom. The predicted octanol–water partition coefficient (Wildman–Crippen LogP) is 5.70. The van der Waals surface area contributed by atoms with E-state index in [1.165, 1.54) is 13.2 Å². The third-order valence-corrected chi connectivity index (χ3v) is 4.42. The highest BCUT2D eigenvalue weighted by molar-refractivity contribution is 6.32. The number of benzene rings is 3. The van der Waals surface area contributed by atoms with Gasteiger partial charge in [0.1, 0.15) is 11.8 Å². The van der Waals surface area contributed by atoms with Crippen molar-refractivity contribution in [3.8, 4) is 29.1 Å². The number of rotatable bonds is 8. The molecule has 3 aromatic carbocycles.